The van der Waals surface area contributed by atoms with E-state index in [1.54, 1.807) is 27.7 Å². The number of aliphatic imine (C=N–C) groups is 1. The molecule has 45 heavy (non-hydrogen) atoms. The van der Waals surface area contributed by atoms with Crippen molar-refractivity contribution in [3.05, 3.63) is 144 Å². The van der Waals surface area contributed by atoms with Crippen molar-refractivity contribution in [1.82, 2.24) is 10.6 Å². The van der Waals surface area contributed by atoms with Gasteiger partial charge in [-0.05, 0) is 38.8 Å². The van der Waals surface area contributed by atoms with Gasteiger partial charge in [-0.2, -0.15) is 0 Å². The van der Waals surface area contributed by atoms with Gasteiger partial charge >= 0.3 is 5.97 Å². The van der Waals surface area contributed by atoms with Crippen molar-refractivity contribution >= 4 is 23.5 Å². The highest BCUT2D eigenvalue weighted by Gasteiger charge is 2.30. The predicted octanol–water partition coefficient (Wildman–Crippen LogP) is 5.71. The molecular formula is C38H41N3O4. The molecule has 0 aliphatic carbocycles. The lowest BCUT2D eigenvalue weighted by molar-refractivity contribution is -0.158. The Morgan fingerprint density at radius 3 is 1.56 bits per heavy atom. The summed E-state index contributed by atoms with van der Waals surface area (Å²) in [6, 6.07) is 35.8. The maximum absolute atomic E-state index is 13.9. The number of hydrogen-bond donors (Lipinski definition) is 2. The molecule has 4 aromatic rings. The molecule has 0 aromatic heterocycles. The molecule has 0 aliphatic heterocycles. The van der Waals surface area contributed by atoms with Crippen molar-refractivity contribution in [2.45, 2.75) is 64.3 Å². The van der Waals surface area contributed by atoms with Crippen LogP contribution in [0.1, 0.15) is 49.9 Å². The molecule has 0 bridgehead atoms. The number of nitrogens with one attached hydrogen (secondary N) is 2. The molecule has 0 saturated carbocycles. The number of benzene rings is 4. The van der Waals surface area contributed by atoms with Crippen LogP contribution in [-0.4, -0.2) is 47.2 Å². The lowest BCUT2D eigenvalue weighted by atomic mass is 10.00. The fourth-order valence-corrected chi connectivity index (χ4v) is 4.79. The number of nitrogens with zero attached hydrogens (tertiary/aromatic N) is 1. The Kier molecular flexibility index (Phi) is 11.4. The van der Waals surface area contributed by atoms with Crippen molar-refractivity contribution < 1.29 is 19.1 Å². The Labute approximate surface area is 265 Å². The lowest BCUT2D eigenvalue weighted by Crippen LogP contribution is -2.53. The smallest absolute Gasteiger partial charge is 0.329 e. The molecule has 2 amide bonds. The number of carbonyl (C=O) groups is 3. The summed E-state index contributed by atoms with van der Waals surface area (Å²) in [5.41, 5.74) is 3.51. The number of esters is 1. The standard InChI is InChI=1S/C38H41N3O4/c1-27(35(42)41-33(37(44)45-38(2,3)4)26-29-19-11-6-12-20-29)39-36(43)32(25-28-17-9-5-10-18-28)40-34(30-21-13-7-14-22-30)31-23-15-8-16-24-31/h5-24,27,32-33H,25-26H2,1-4H3,(H,39,43)(H,41,42)/t27-,32-,33+/m1/s1. The third-order valence-electron chi connectivity index (χ3n) is 7.00. The summed E-state index contributed by atoms with van der Waals surface area (Å²) in [5.74, 6) is -1.44. The SMILES string of the molecule is C[C@@H](NC(=O)[C@@H](Cc1ccccc1)N=C(c1ccccc1)c1ccccc1)C(=O)N[C@@H](Cc1ccccc1)C(=O)OC(C)(C)C. The van der Waals surface area contributed by atoms with E-state index in [2.05, 4.69) is 10.6 Å². The minimum Gasteiger partial charge on any atom is -0.458 e. The zero-order valence-electron chi connectivity index (χ0n) is 26.3. The monoisotopic (exact) mass is 603 g/mol. The van der Waals surface area contributed by atoms with Crippen molar-refractivity contribution in [1.29, 1.82) is 0 Å². The fourth-order valence-electron chi connectivity index (χ4n) is 4.79. The summed E-state index contributed by atoms with van der Waals surface area (Å²) in [4.78, 5) is 45.4. The van der Waals surface area contributed by atoms with Crippen LogP contribution in [0.2, 0.25) is 0 Å². The Hall–Kier alpha value is -5.04. The minimum absolute atomic E-state index is 0.251. The van der Waals surface area contributed by atoms with E-state index in [0.717, 1.165) is 22.3 Å². The predicted molar refractivity (Wildman–Crippen MR) is 178 cm³/mol. The summed E-state index contributed by atoms with van der Waals surface area (Å²) in [5, 5.41) is 5.66. The average molecular weight is 604 g/mol. The van der Waals surface area contributed by atoms with Gasteiger partial charge in [0.1, 0.15) is 23.7 Å². The van der Waals surface area contributed by atoms with E-state index in [0.29, 0.717) is 12.1 Å². The van der Waals surface area contributed by atoms with Crippen LogP contribution in [0.4, 0.5) is 0 Å². The first-order chi connectivity index (χ1) is 21.6. The zero-order chi connectivity index (χ0) is 32.2. The molecule has 0 aliphatic rings. The number of hydrogen-bond acceptors (Lipinski definition) is 5. The van der Waals surface area contributed by atoms with Crippen molar-refractivity contribution in [3.63, 3.8) is 0 Å². The maximum atomic E-state index is 13.9. The van der Waals surface area contributed by atoms with Crippen molar-refractivity contribution in [2.75, 3.05) is 0 Å². The first kappa shape index (κ1) is 32.9. The van der Waals surface area contributed by atoms with Gasteiger partial charge in [-0.1, -0.05) is 121 Å². The molecule has 0 spiro atoms. The third kappa shape index (κ3) is 10.3. The van der Waals surface area contributed by atoms with Gasteiger partial charge in [0, 0.05) is 24.0 Å². The Morgan fingerprint density at radius 1 is 0.644 bits per heavy atom. The van der Waals surface area contributed by atoms with E-state index < -0.39 is 41.5 Å². The summed E-state index contributed by atoms with van der Waals surface area (Å²) >= 11 is 0. The van der Waals surface area contributed by atoms with Crippen LogP contribution in [0.3, 0.4) is 0 Å². The van der Waals surface area contributed by atoms with Gasteiger partial charge < -0.3 is 15.4 Å². The fraction of sp³-hybridized carbons (Fsp3) is 0.263. The van der Waals surface area contributed by atoms with E-state index in [-0.39, 0.29) is 6.42 Å². The van der Waals surface area contributed by atoms with Gasteiger partial charge in [0.15, 0.2) is 0 Å². The topological polar surface area (TPSA) is 96.9 Å². The highest BCUT2D eigenvalue weighted by atomic mass is 16.6. The molecule has 7 heteroatoms. The second-order valence-corrected chi connectivity index (χ2v) is 11.9. The molecule has 0 heterocycles. The first-order valence-electron chi connectivity index (χ1n) is 15.2. The quantitative estimate of drug-likeness (QED) is 0.160. The second kappa shape index (κ2) is 15.6. The largest absolute Gasteiger partial charge is 0.458 e. The lowest BCUT2D eigenvalue weighted by Gasteiger charge is -2.26. The second-order valence-electron chi connectivity index (χ2n) is 11.9. The zero-order valence-corrected chi connectivity index (χ0v) is 26.3. The molecule has 4 rings (SSSR count). The van der Waals surface area contributed by atoms with Crippen molar-refractivity contribution in [2.24, 2.45) is 4.99 Å². The summed E-state index contributed by atoms with van der Waals surface area (Å²) in [6.45, 7) is 6.94. The van der Waals surface area contributed by atoms with Gasteiger partial charge in [0.2, 0.25) is 11.8 Å². The number of ether oxygens (including phenoxy) is 1. The van der Waals surface area contributed by atoms with Crippen molar-refractivity contribution in [3.8, 4) is 0 Å². The normalized spacial score (nSPS) is 13.1. The van der Waals surface area contributed by atoms with Gasteiger partial charge in [-0.3, -0.25) is 14.6 Å². The highest BCUT2D eigenvalue weighted by Crippen LogP contribution is 2.16. The van der Waals surface area contributed by atoms with Crippen LogP contribution >= 0.6 is 0 Å². The van der Waals surface area contributed by atoms with E-state index in [4.69, 9.17) is 9.73 Å². The average Bonchev–Trinajstić information content (AvgIpc) is 3.03. The third-order valence-corrected chi connectivity index (χ3v) is 7.00. The van der Waals surface area contributed by atoms with Gasteiger partial charge in [-0.25, -0.2) is 4.79 Å². The van der Waals surface area contributed by atoms with Gasteiger partial charge in [0.05, 0.1) is 5.71 Å². The van der Waals surface area contributed by atoms with Crippen LogP contribution in [0.25, 0.3) is 0 Å². The highest BCUT2D eigenvalue weighted by molar-refractivity contribution is 6.13. The molecule has 0 unspecified atom stereocenters. The molecular weight excluding hydrogens is 562 g/mol. The van der Waals surface area contributed by atoms with Crippen LogP contribution < -0.4 is 10.6 Å². The van der Waals surface area contributed by atoms with Crippen LogP contribution in [-0.2, 0) is 32.0 Å². The Bertz CT molecular complexity index is 1530. The summed E-state index contributed by atoms with van der Waals surface area (Å²) in [6.07, 6.45) is 0.583. The molecule has 0 radical (unpaired) electrons. The molecule has 3 atom stereocenters. The molecule has 0 saturated heterocycles. The van der Waals surface area contributed by atoms with E-state index >= 15 is 0 Å². The minimum atomic E-state index is -0.941. The number of rotatable bonds is 12. The van der Waals surface area contributed by atoms with E-state index in [1.165, 1.54) is 0 Å². The number of carbonyl (C=O) groups excluding carboxylic acids is 3. The summed E-state index contributed by atoms with van der Waals surface area (Å²) in [7, 11) is 0. The molecule has 4 aromatic carbocycles. The van der Waals surface area contributed by atoms with E-state index in [1.807, 2.05) is 121 Å². The van der Waals surface area contributed by atoms with Gasteiger partial charge in [-0.15, -0.1) is 0 Å². The van der Waals surface area contributed by atoms with Crippen LogP contribution in [0.5, 0.6) is 0 Å². The van der Waals surface area contributed by atoms with Gasteiger partial charge in [0.25, 0.3) is 0 Å². The van der Waals surface area contributed by atoms with E-state index in [9.17, 15) is 14.4 Å². The Balaban J connectivity index is 1.58. The maximum Gasteiger partial charge on any atom is 0.329 e. The first-order valence-corrected chi connectivity index (χ1v) is 15.2. The Morgan fingerprint density at radius 2 is 1.09 bits per heavy atom. The summed E-state index contributed by atoms with van der Waals surface area (Å²) < 4.78 is 5.61. The van der Waals surface area contributed by atoms with Crippen LogP contribution in [0.15, 0.2) is 126 Å². The van der Waals surface area contributed by atoms with Crippen LogP contribution in [0, 0.1) is 0 Å². The molecule has 2 N–H and O–H groups in total. The number of amides is 2. The molecule has 232 valence electrons. The molecule has 0 fully saturated rings. The molecule has 7 nitrogen and oxygen atoms in total.